The fourth-order valence-electron chi connectivity index (χ4n) is 1.69. The van der Waals surface area contributed by atoms with E-state index in [1.54, 1.807) is 6.92 Å². The molecule has 0 saturated carbocycles. The summed E-state index contributed by atoms with van der Waals surface area (Å²) >= 11 is 0. The molecule has 0 aliphatic rings. The summed E-state index contributed by atoms with van der Waals surface area (Å²) in [6.07, 6.45) is 6.73. The summed E-state index contributed by atoms with van der Waals surface area (Å²) in [4.78, 5) is 22.0. The summed E-state index contributed by atoms with van der Waals surface area (Å²) in [7, 11) is 0. The van der Waals surface area contributed by atoms with E-state index in [-0.39, 0.29) is 18.4 Å². The van der Waals surface area contributed by atoms with Gasteiger partial charge in [0.1, 0.15) is 6.10 Å². The van der Waals surface area contributed by atoms with Gasteiger partial charge in [-0.25, -0.2) is 0 Å². The number of carbonyl (C=O) groups is 2. The van der Waals surface area contributed by atoms with Gasteiger partial charge in [0.05, 0.1) is 13.0 Å². The highest BCUT2D eigenvalue weighted by Crippen LogP contribution is 2.06. The first kappa shape index (κ1) is 16.9. The molecular weight excluding hydrogens is 232 g/mol. The van der Waals surface area contributed by atoms with Crippen molar-refractivity contribution in [1.82, 2.24) is 0 Å². The number of carbonyl (C=O) groups excluding carboxylic acids is 2. The van der Waals surface area contributed by atoms with E-state index in [9.17, 15) is 9.59 Å². The van der Waals surface area contributed by atoms with Gasteiger partial charge in [0.15, 0.2) is 0 Å². The molecule has 0 N–H and O–H groups in total. The van der Waals surface area contributed by atoms with Crippen molar-refractivity contribution < 1.29 is 19.1 Å². The van der Waals surface area contributed by atoms with Crippen molar-refractivity contribution in [3.63, 3.8) is 0 Å². The summed E-state index contributed by atoms with van der Waals surface area (Å²) in [6, 6.07) is 0. The van der Waals surface area contributed by atoms with Crippen molar-refractivity contribution in [2.24, 2.45) is 0 Å². The Morgan fingerprint density at radius 2 is 1.67 bits per heavy atom. The van der Waals surface area contributed by atoms with Crippen molar-refractivity contribution in [2.45, 2.75) is 71.8 Å². The fourth-order valence-corrected chi connectivity index (χ4v) is 1.69. The number of esters is 2. The number of rotatable bonds is 10. The highest BCUT2D eigenvalue weighted by atomic mass is 16.6. The largest absolute Gasteiger partial charge is 0.466 e. The predicted octanol–water partition coefficient (Wildman–Crippen LogP) is 3.23. The van der Waals surface area contributed by atoms with Crippen molar-refractivity contribution in [2.75, 3.05) is 6.61 Å². The number of hydrogen-bond donors (Lipinski definition) is 0. The van der Waals surface area contributed by atoms with Crippen LogP contribution in [0.3, 0.4) is 0 Å². The van der Waals surface area contributed by atoms with E-state index >= 15 is 0 Å². The SMILES string of the molecule is CCCCCCCCOC(=O)CC(C)OC(C)=O. The van der Waals surface area contributed by atoms with Gasteiger partial charge in [0.2, 0.25) is 0 Å². The highest BCUT2D eigenvalue weighted by Gasteiger charge is 2.12. The van der Waals surface area contributed by atoms with Gasteiger partial charge in [0.25, 0.3) is 0 Å². The number of hydrogen-bond acceptors (Lipinski definition) is 4. The van der Waals surface area contributed by atoms with Gasteiger partial charge < -0.3 is 9.47 Å². The summed E-state index contributed by atoms with van der Waals surface area (Å²) in [5, 5.41) is 0. The van der Waals surface area contributed by atoms with Gasteiger partial charge in [-0.1, -0.05) is 39.0 Å². The minimum absolute atomic E-state index is 0.134. The van der Waals surface area contributed by atoms with Crippen molar-refractivity contribution in [3.05, 3.63) is 0 Å². The summed E-state index contributed by atoms with van der Waals surface area (Å²) in [5.74, 6) is -0.663. The van der Waals surface area contributed by atoms with Crippen LogP contribution in [0.5, 0.6) is 0 Å². The first-order chi connectivity index (χ1) is 8.56. The molecule has 1 unspecified atom stereocenters. The molecule has 4 heteroatoms. The Bertz CT molecular complexity index is 238. The maximum absolute atomic E-state index is 11.4. The lowest BCUT2D eigenvalue weighted by molar-refractivity contribution is -0.152. The van der Waals surface area contributed by atoms with Crippen LogP contribution in [0.4, 0.5) is 0 Å². The van der Waals surface area contributed by atoms with Gasteiger partial charge in [0, 0.05) is 6.92 Å². The second-order valence-corrected chi connectivity index (χ2v) is 4.61. The molecule has 106 valence electrons. The molecule has 1 atom stereocenters. The lowest BCUT2D eigenvalue weighted by Crippen LogP contribution is -2.18. The lowest BCUT2D eigenvalue weighted by Gasteiger charge is -2.11. The maximum atomic E-state index is 11.4. The zero-order chi connectivity index (χ0) is 13.8. The second-order valence-electron chi connectivity index (χ2n) is 4.61. The normalized spacial score (nSPS) is 11.9. The number of ether oxygens (including phenoxy) is 2. The molecule has 0 aliphatic carbocycles. The molecule has 0 heterocycles. The van der Waals surface area contributed by atoms with E-state index in [1.807, 2.05) is 0 Å². The monoisotopic (exact) mass is 258 g/mol. The molecule has 18 heavy (non-hydrogen) atoms. The molecule has 0 aromatic heterocycles. The number of unbranched alkanes of at least 4 members (excludes halogenated alkanes) is 5. The Balaban J connectivity index is 3.39. The Labute approximate surface area is 110 Å². The smallest absolute Gasteiger partial charge is 0.309 e. The molecule has 0 saturated heterocycles. The molecule has 0 bridgehead atoms. The Hall–Kier alpha value is -1.06. The van der Waals surface area contributed by atoms with E-state index in [1.165, 1.54) is 32.6 Å². The van der Waals surface area contributed by atoms with Crippen LogP contribution in [0.25, 0.3) is 0 Å². The van der Waals surface area contributed by atoms with Crippen LogP contribution in [0.15, 0.2) is 0 Å². The van der Waals surface area contributed by atoms with Gasteiger partial charge in [-0.05, 0) is 13.3 Å². The molecule has 0 rings (SSSR count). The first-order valence-corrected chi connectivity index (χ1v) is 6.89. The fraction of sp³-hybridized carbons (Fsp3) is 0.857. The van der Waals surface area contributed by atoms with Crippen molar-refractivity contribution in [3.8, 4) is 0 Å². The highest BCUT2D eigenvalue weighted by molar-refractivity contribution is 5.71. The van der Waals surface area contributed by atoms with Gasteiger partial charge in [-0.3, -0.25) is 9.59 Å². The lowest BCUT2D eigenvalue weighted by atomic mass is 10.1. The van der Waals surface area contributed by atoms with Gasteiger partial charge >= 0.3 is 11.9 Å². The van der Waals surface area contributed by atoms with Crippen molar-refractivity contribution in [1.29, 1.82) is 0 Å². The van der Waals surface area contributed by atoms with Crippen LogP contribution in [-0.2, 0) is 19.1 Å². The Morgan fingerprint density at radius 1 is 1.06 bits per heavy atom. The topological polar surface area (TPSA) is 52.6 Å². The van der Waals surface area contributed by atoms with Crippen LogP contribution < -0.4 is 0 Å². The molecule has 0 aromatic carbocycles. The first-order valence-electron chi connectivity index (χ1n) is 6.89. The van der Waals surface area contributed by atoms with Crippen LogP contribution >= 0.6 is 0 Å². The quantitative estimate of drug-likeness (QED) is 0.446. The van der Waals surface area contributed by atoms with Crippen LogP contribution in [0.2, 0.25) is 0 Å². The van der Waals surface area contributed by atoms with Crippen molar-refractivity contribution >= 4 is 11.9 Å². The van der Waals surface area contributed by atoms with Crippen LogP contribution in [-0.4, -0.2) is 24.6 Å². The average molecular weight is 258 g/mol. The molecule has 0 amide bonds. The zero-order valence-electron chi connectivity index (χ0n) is 11.9. The molecule has 0 fully saturated rings. The molecule has 0 aromatic rings. The third kappa shape index (κ3) is 11.4. The van der Waals surface area contributed by atoms with E-state index in [0.717, 1.165) is 12.8 Å². The van der Waals surface area contributed by atoms with Gasteiger partial charge in [-0.2, -0.15) is 0 Å². The van der Waals surface area contributed by atoms with E-state index in [0.29, 0.717) is 6.61 Å². The molecule has 0 spiro atoms. The summed E-state index contributed by atoms with van der Waals surface area (Å²) in [5.41, 5.74) is 0. The molecule has 0 aliphatic heterocycles. The molecule has 4 nitrogen and oxygen atoms in total. The van der Waals surface area contributed by atoms with Gasteiger partial charge in [-0.15, -0.1) is 0 Å². The van der Waals surface area contributed by atoms with E-state index in [2.05, 4.69) is 6.92 Å². The Kier molecular flexibility index (Phi) is 10.4. The summed E-state index contributed by atoms with van der Waals surface area (Å²) in [6.45, 7) is 5.68. The summed E-state index contributed by atoms with van der Waals surface area (Å²) < 4.78 is 9.92. The third-order valence-corrected chi connectivity index (χ3v) is 2.58. The Morgan fingerprint density at radius 3 is 2.28 bits per heavy atom. The van der Waals surface area contributed by atoms with Crippen LogP contribution in [0.1, 0.15) is 65.7 Å². The van der Waals surface area contributed by atoms with E-state index in [4.69, 9.17) is 9.47 Å². The second kappa shape index (κ2) is 11.1. The zero-order valence-corrected chi connectivity index (χ0v) is 11.9. The average Bonchev–Trinajstić information content (AvgIpc) is 2.26. The predicted molar refractivity (Wildman–Crippen MR) is 70.2 cm³/mol. The third-order valence-electron chi connectivity index (χ3n) is 2.58. The molecule has 0 radical (unpaired) electrons. The minimum Gasteiger partial charge on any atom is -0.466 e. The van der Waals surface area contributed by atoms with Crippen LogP contribution in [0, 0.1) is 0 Å². The molecular formula is C14H26O4. The van der Waals surface area contributed by atoms with E-state index < -0.39 is 6.10 Å². The minimum atomic E-state index is -0.403. The standard InChI is InChI=1S/C14H26O4/c1-4-5-6-7-8-9-10-17-14(16)11-12(2)18-13(3)15/h12H,4-11H2,1-3H3. The maximum Gasteiger partial charge on any atom is 0.309 e.